The Hall–Kier alpha value is -6.70. The van der Waals surface area contributed by atoms with Crippen LogP contribution in [0.3, 0.4) is 0 Å². The number of fused-ring (bicyclic) bond motifs is 9. The second-order valence-electron chi connectivity index (χ2n) is 13.5. The monoisotopic (exact) mass is 646 g/mol. The molecule has 1 heterocycles. The van der Waals surface area contributed by atoms with Crippen LogP contribution < -0.4 is 0 Å². The predicted molar refractivity (Wildman–Crippen MR) is 218 cm³/mol. The van der Waals surface area contributed by atoms with Crippen LogP contribution in [-0.2, 0) is 0 Å². The summed E-state index contributed by atoms with van der Waals surface area (Å²) in [5.41, 5.74) is 9.06. The second kappa shape index (κ2) is 10.9. The molecule has 1 nitrogen and oxygen atoms in total. The summed E-state index contributed by atoms with van der Waals surface area (Å²) in [6.45, 7) is 0. The third-order valence-corrected chi connectivity index (χ3v) is 10.8. The van der Waals surface area contributed by atoms with Gasteiger partial charge in [-0.15, -0.1) is 0 Å². The van der Waals surface area contributed by atoms with Crippen molar-refractivity contribution < 1.29 is 4.42 Å². The standard InChI is InChI=1S/C50H30O/c1-3-17-33-31(14-1)16-11-25-36(33)42-26-12-28-44-49-43(27-13-29-46(49)51-50(42)44)47-38-21-7-9-23-40(38)48(41-24-10-8-22-39(41)47)45-30-32-15-2-4-18-34(32)35-19-5-6-20-37(35)45/h1-30H. The Kier molecular flexibility index (Phi) is 6.02. The summed E-state index contributed by atoms with van der Waals surface area (Å²) in [7, 11) is 0. The first-order valence-corrected chi connectivity index (χ1v) is 17.6. The highest BCUT2D eigenvalue weighted by molar-refractivity contribution is 6.28. The summed E-state index contributed by atoms with van der Waals surface area (Å²) in [5.74, 6) is 0. The van der Waals surface area contributed by atoms with E-state index >= 15 is 0 Å². The molecule has 0 radical (unpaired) electrons. The molecule has 0 atom stereocenters. The van der Waals surface area contributed by atoms with Gasteiger partial charge in [-0.25, -0.2) is 0 Å². The average Bonchev–Trinajstić information content (AvgIpc) is 3.59. The van der Waals surface area contributed by atoms with Crippen LogP contribution in [0.5, 0.6) is 0 Å². The third-order valence-electron chi connectivity index (χ3n) is 10.8. The zero-order chi connectivity index (χ0) is 33.5. The molecule has 0 aliphatic rings. The molecule has 51 heavy (non-hydrogen) atoms. The van der Waals surface area contributed by atoms with Crippen molar-refractivity contribution in [3.63, 3.8) is 0 Å². The fraction of sp³-hybridized carbons (Fsp3) is 0. The second-order valence-corrected chi connectivity index (χ2v) is 13.5. The predicted octanol–water partition coefficient (Wildman–Crippen LogP) is 14.4. The van der Waals surface area contributed by atoms with Gasteiger partial charge in [-0.2, -0.15) is 0 Å². The number of rotatable bonds is 3. The molecule has 0 spiro atoms. The maximum absolute atomic E-state index is 6.86. The fourth-order valence-corrected chi connectivity index (χ4v) is 8.70. The first-order valence-electron chi connectivity index (χ1n) is 17.6. The van der Waals surface area contributed by atoms with Crippen molar-refractivity contribution in [1.82, 2.24) is 0 Å². The third kappa shape index (κ3) is 4.09. The molecule has 0 saturated carbocycles. The largest absolute Gasteiger partial charge is 0.455 e. The Morgan fingerprint density at radius 1 is 0.275 bits per heavy atom. The lowest BCUT2D eigenvalue weighted by Crippen LogP contribution is -1.92. The molecule has 0 amide bonds. The van der Waals surface area contributed by atoms with Crippen molar-refractivity contribution in [2.75, 3.05) is 0 Å². The van der Waals surface area contributed by atoms with Gasteiger partial charge in [0.05, 0.1) is 0 Å². The Labute approximate surface area is 294 Å². The topological polar surface area (TPSA) is 13.1 Å². The molecular formula is C50H30O. The lowest BCUT2D eigenvalue weighted by molar-refractivity contribution is 0.670. The lowest BCUT2D eigenvalue weighted by Gasteiger charge is -2.20. The van der Waals surface area contributed by atoms with Crippen LogP contribution in [-0.4, -0.2) is 0 Å². The molecule has 11 rings (SSSR count). The molecule has 0 aliphatic carbocycles. The summed E-state index contributed by atoms with van der Waals surface area (Å²) >= 11 is 0. The van der Waals surface area contributed by atoms with Gasteiger partial charge in [0.1, 0.15) is 11.2 Å². The van der Waals surface area contributed by atoms with Gasteiger partial charge in [0.15, 0.2) is 0 Å². The van der Waals surface area contributed by atoms with Gasteiger partial charge in [0, 0.05) is 16.3 Å². The summed E-state index contributed by atoms with van der Waals surface area (Å²) in [5, 5.41) is 14.7. The van der Waals surface area contributed by atoms with Gasteiger partial charge in [0.25, 0.3) is 0 Å². The number of para-hydroxylation sites is 1. The Bertz CT molecular complexity index is 3130. The molecule has 0 fully saturated rings. The number of hydrogen-bond acceptors (Lipinski definition) is 1. The minimum atomic E-state index is 0.896. The number of benzene rings is 10. The smallest absolute Gasteiger partial charge is 0.143 e. The normalized spacial score (nSPS) is 11.9. The van der Waals surface area contributed by atoms with E-state index in [1.165, 1.54) is 81.7 Å². The molecule has 0 bridgehead atoms. The van der Waals surface area contributed by atoms with Crippen LogP contribution in [0.15, 0.2) is 186 Å². The van der Waals surface area contributed by atoms with E-state index in [0.717, 1.165) is 27.5 Å². The van der Waals surface area contributed by atoms with Crippen molar-refractivity contribution in [1.29, 1.82) is 0 Å². The molecule has 0 saturated heterocycles. The summed E-state index contributed by atoms with van der Waals surface area (Å²) in [4.78, 5) is 0. The van der Waals surface area contributed by atoms with Crippen LogP contribution in [0.1, 0.15) is 0 Å². The first-order chi connectivity index (χ1) is 25.3. The van der Waals surface area contributed by atoms with Crippen molar-refractivity contribution in [3.05, 3.63) is 182 Å². The Balaban J connectivity index is 1.25. The van der Waals surface area contributed by atoms with Crippen molar-refractivity contribution in [2.45, 2.75) is 0 Å². The molecule has 1 aromatic heterocycles. The van der Waals surface area contributed by atoms with Gasteiger partial charge >= 0.3 is 0 Å². The molecule has 0 aliphatic heterocycles. The molecule has 1 heteroatoms. The lowest BCUT2D eigenvalue weighted by atomic mass is 9.83. The van der Waals surface area contributed by atoms with Crippen molar-refractivity contribution in [3.8, 4) is 33.4 Å². The van der Waals surface area contributed by atoms with Gasteiger partial charge in [-0.05, 0) is 93.8 Å². The average molecular weight is 647 g/mol. The van der Waals surface area contributed by atoms with Gasteiger partial charge < -0.3 is 4.42 Å². The Morgan fingerprint density at radius 2 is 0.745 bits per heavy atom. The maximum Gasteiger partial charge on any atom is 0.143 e. The number of furan rings is 1. The quantitative estimate of drug-likeness (QED) is 0.138. The van der Waals surface area contributed by atoms with Crippen LogP contribution >= 0.6 is 0 Å². The fourth-order valence-electron chi connectivity index (χ4n) is 8.70. The summed E-state index contributed by atoms with van der Waals surface area (Å²) in [6, 6.07) is 66.2. The highest BCUT2D eigenvalue weighted by atomic mass is 16.3. The van der Waals surface area contributed by atoms with E-state index in [0.29, 0.717) is 0 Å². The van der Waals surface area contributed by atoms with E-state index in [1.54, 1.807) is 0 Å². The van der Waals surface area contributed by atoms with E-state index in [1.807, 2.05) is 0 Å². The molecule has 11 aromatic rings. The van der Waals surface area contributed by atoms with E-state index in [-0.39, 0.29) is 0 Å². The highest BCUT2D eigenvalue weighted by Gasteiger charge is 2.22. The first kappa shape index (κ1) is 28.2. The maximum atomic E-state index is 6.86. The molecule has 0 N–H and O–H groups in total. The van der Waals surface area contributed by atoms with Crippen LogP contribution in [0, 0.1) is 0 Å². The van der Waals surface area contributed by atoms with Crippen LogP contribution in [0.4, 0.5) is 0 Å². The summed E-state index contributed by atoms with van der Waals surface area (Å²) < 4.78 is 6.86. The van der Waals surface area contributed by atoms with Gasteiger partial charge in [-0.1, -0.05) is 170 Å². The van der Waals surface area contributed by atoms with Crippen LogP contribution in [0.2, 0.25) is 0 Å². The van der Waals surface area contributed by atoms with E-state index < -0.39 is 0 Å². The van der Waals surface area contributed by atoms with Gasteiger partial charge in [-0.3, -0.25) is 0 Å². The minimum absolute atomic E-state index is 0.896. The van der Waals surface area contributed by atoms with E-state index in [4.69, 9.17) is 4.42 Å². The zero-order valence-corrected chi connectivity index (χ0v) is 27.7. The van der Waals surface area contributed by atoms with Crippen molar-refractivity contribution in [2.24, 2.45) is 0 Å². The highest BCUT2D eigenvalue weighted by Crippen LogP contribution is 2.49. The molecule has 10 aromatic carbocycles. The van der Waals surface area contributed by atoms with E-state index in [2.05, 4.69) is 182 Å². The van der Waals surface area contributed by atoms with Gasteiger partial charge in [0.2, 0.25) is 0 Å². The molecule has 236 valence electrons. The van der Waals surface area contributed by atoms with Crippen molar-refractivity contribution >= 4 is 75.8 Å². The summed E-state index contributed by atoms with van der Waals surface area (Å²) in [6.07, 6.45) is 0. The number of hydrogen-bond donors (Lipinski definition) is 0. The molecule has 0 unspecified atom stereocenters. The van der Waals surface area contributed by atoms with E-state index in [9.17, 15) is 0 Å². The zero-order valence-electron chi connectivity index (χ0n) is 27.7. The SMILES string of the molecule is c1ccc2c(-c3cccc4c3oc3cccc(-c5c6ccccc6c(-c6cc7ccccc7c7ccccc67)c6ccccc56)c34)cccc2c1. The molecular weight excluding hydrogens is 617 g/mol. The minimum Gasteiger partial charge on any atom is -0.455 e. The van der Waals surface area contributed by atoms with Crippen LogP contribution in [0.25, 0.3) is 109 Å². The Morgan fingerprint density at radius 3 is 1.47 bits per heavy atom.